The normalized spacial score (nSPS) is 19.3. The van der Waals surface area contributed by atoms with Crippen molar-refractivity contribution in [3.8, 4) is 5.75 Å². The molecule has 5 heteroatoms. The second kappa shape index (κ2) is 6.80. The van der Waals surface area contributed by atoms with E-state index in [2.05, 4.69) is 11.9 Å². The monoisotopic (exact) mass is 291 g/mol. The number of hydrogen-bond acceptors (Lipinski definition) is 4. The Morgan fingerprint density at radius 3 is 2.86 bits per heavy atom. The molecule has 1 heterocycles. The molecule has 1 atom stereocenters. The number of rotatable bonds is 4. The van der Waals surface area contributed by atoms with Crippen LogP contribution in [0, 0.1) is 0 Å². The summed E-state index contributed by atoms with van der Waals surface area (Å²) in [5.41, 5.74) is 7.12. The summed E-state index contributed by atoms with van der Waals surface area (Å²) in [5, 5.41) is 0. The highest BCUT2D eigenvalue weighted by atomic mass is 16.5. The molecule has 2 N–H and O–H groups in total. The fourth-order valence-electron chi connectivity index (χ4n) is 2.59. The number of piperidine rings is 1. The van der Waals surface area contributed by atoms with Crippen molar-refractivity contribution in [3.63, 3.8) is 0 Å². The van der Waals surface area contributed by atoms with E-state index in [4.69, 9.17) is 10.5 Å². The van der Waals surface area contributed by atoms with Gasteiger partial charge in [-0.25, -0.2) is 0 Å². The van der Waals surface area contributed by atoms with Crippen molar-refractivity contribution in [2.24, 2.45) is 0 Å². The van der Waals surface area contributed by atoms with Gasteiger partial charge in [-0.2, -0.15) is 0 Å². The number of carbonyl (C=O) groups is 1. The first-order valence-electron chi connectivity index (χ1n) is 7.43. The standard InChI is InChI=1S/C16H25N3O2/c1-18(2)16(20)12-7-8-14(17)15(10-12)21-11-13-6-4-5-9-19(13)3/h7-8,10,13H,4-6,9,11,17H2,1-3H3. The summed E-state index contributed by atoms with van der Waals surface area (Å²) >= 11 is 0. The molecule has 2 rings (SSSR count). The fraction of sp³-hybridized carbons (Fsp3) is 0.562. The van der Waals surface area contributed by atoms with Crippen molar-refractivity contribution in [3.05, 3.63) is 23.8 Å². The Bertz CT molecular complexity index is 502. The van der Waals surface area contributed by atoms with Crippen LogP contribution in [0.3, 0.4) is 0 Å². The number of nitrogen functional groups attached to an aromatic ring is 1. The smallest absolute Gasteiger partial charge is 0.253 e. The summed E-state index contributed by atoms with van der Waals surface area (Å²) in [6, 6.07) is 5.63. The lowest BCUT2D eigenvalue weighted by Crippen LogP contribution is -2.40. The van der Waals surface area contributed by atoms with Crippen LogP contribution in [0.15, 0.2) is 18.2 Å². The van der Waals surface area contributed by atoms with Crippen LogP contribution in [0.1, 0.15) is 29.6 Å². The number of nitrogens with two attached hydrogens (primary N) is 1. The molecule has 21 heavy (non-hydrogen) atoms. The molecule has 0 saturated carbocycles. The van der Waals surface area contributed by atoms with Gasteiger partial charge in [0.15, 0.2) is 0 Å². The number of nitrogens with zero attached hydrogens (tertiary/aromatic N) is 2. The lowest BCUT2D eigenvalue weighted by atomic mass is 10.0. The molecular formula is C16H25N3O2. The third kappa shape index (κ3) is 3.88. The highest BCUT2D eigenvalue weighted by Gasteiger charge is 2.20. The largest absolute Gasteiger partial charge is 0.490 e. The van der Waals surface area contributed by atoms with E-state index in [1.165, 1.54) is 12.8 Å². The third-order valence-corrected chi connectivity index (χ3v) is 4.02. The van der Waals surface area contributed by atoms with Crippen LogP contribution in [-0.4, -0.2) is 56.0 Å². The van der Waals surface area contributed by atoms with Gasteiger partial charge in [0, 0.05) is 25.7 Å². The first kappa shape index (κ1) is 15.6. The predicted molar refractivity (Wildman–Crippen MR) is 84.6 cm³/mol. The molecule has 1 amide bonds. The van der Waals surface area contributed by atoms with E-state index in [9.17, 15) is 4.79 Å². The third-order valence-electron chi connectivity index (χ3n) is 4.02. The molecule has 0 radical (unpaired) electrons. The molecule has 0 spiro atoms. The topological polar surface area (TPSA) is 58.8 Å². The minimum atomic E-state index is -0.0466. The van der Waals surface area contributed by atoms with Gasteiger partial charge in [-0.1, -0.05) is 6.42 Å². The maximum Gasteiger partial charge on any atom is 0.253 e. The molecule has 5 nitrogen and oxygen atoms in total. The quantitative estimate of drug-likeness (QED) is 0.860. The fourth-order valence-corrected chi connectivity index (χ4v) is 2.59. The van der Waals surface area contributed by atoms with Gasteiger partial charge in [-0.05, 0) is 44.6 Å². The van der Waals surface area contributed by atoms with E-state index >= 15 is 0 Å². The van der Waals surface area contributed by atoms with Gasteiger partial charge in [-0.15, -0.1) is 0 Å². The molecule has 1 fully saturated rings. The Balaban J connectivity index is 2.05. The maximum absolute atomic E-state index is 12.0. The van der Waals surface area contributed by atoms with Gasteiger partial charge in [0.05, 0.1) is 5.69 Å². The number of amides is 1. The van der Waals surface area contributed by atoms with Gasteiger partial charge in [-0.3, -0.25) is 4.79 Å². The van der Waals surface area contributed by atoms with Crippen molar-refractivity contribution in [1.29, 1.82) is 0 Å². The summed E-state index contributed by atoms with van der Waals surface area (Å²) in [5.74, 6) is 0.552. The van der Waals surface area contributed by atoms with E-state index in [0.717, 1.165) is 13.0 Å². The molecule has 1 aliphatic rings. The summed E-state index contributed by atoms with van der Waals surface area (Å²) in [7, 11) is 5.59. The molecule has 0 bridgehead atoms. The van der Waals surface area contributed by atoms with E-state index in [0.29, 0.717) is 29.6 Å². The van der Waals surface area contributed by atoms with E-state index < -0.39 is 0 Å². The highest BCUT2D eigenvalue weighted by Crippen LogP contribution is 2.25. The Labute approximate surface area is 126 Å². The minimum absolute atomic E-state index is 0.0466. The number of hydrogen-bond donors (Lipinski definition) is 1. The molecule has 1 unspecified atom stereocenters. The zero-order valence-electron chi connectivity index (χ0n) is 13.1. The first-order valence-corrected chi connectivity index (χ1v) is 7.43. The molecular weight excluding hydrogens is 266 g/mol. The molecule has 1 aromatic rings. The molecule has 1 aliphatic heterocycles. The molecule has 1 saturated heterocycles. The van der Waals surface area contributed by atoms with Crippen molar-refractivity contribution >= 4 is 11.6 Å². The van der Waals surface area contributed by atoms with Crippen LogP contribution in [0.4, 0.5) is 5.69 Å². The van der Waals surface area contributed by atoms with Crippen molar-refractivity contribution in [1.82, 2.24) is 9.80 Å². The summed E-state index contributed by atoms with van der Waals surface area (Å²) < 4.78 is 5.88. The molecule has 116 valence electrons. The number of anilines is 1. The van der Waals surface area contributed by atoms with E-state index in [-0.39, 0.29) is 5.91 Å². The Kier molecular flexibility index (Phi) is 5.07. The first-order chi connectivity index (χ1) is 9.99. The number of carbonyl (C=O) groups excluding carboxylic acids is 1. The summed E-state index contributed by atoms with van der Waals surface area (Å²) in [6.45, 7) is 1.73. The average molecular weight is 291 g/mol. The van der Waals surface area contributed by atoms with Gasteiger partial charge in [0.2, 0.25) is 0 Å². The Morgan fingerprint density at radius 1 is 1.43 bits per heavy atom. The Hall–Kier alpha value is -1.75. The van der Waals surface area contributed by atoms with Crippen LogP contribution in [0.5, 0.6) is 5.75 Å². The van der Waals surface area contributed by atoms with E-state index in [1.807, 2.05) is 0 Å². The van der Waals surface area contributed by atoms with Crippen molar-refractivity contribution in [2.45, 2.75) is 25.3 Å². The number of likely N-dealkylation sites (tertiary alicyclic amines) is 1. The van der Waals surface area contributed by atoms with Crippen LogP contribution >= 0.6 is 0 Å². The lowest BCUT2D eigenvalue weighted by Gasteiger charge is -2.32. The van der Waals surface area contributed by atoms with E-state index in [1.54, 1.807) is 37.2 Å². The summed E-state index contributed by atoms with van der Waals surface area (Å²) in [4.78, 5) is 15.9. The van der Waals surface area contributed by atoms with Crippen molar-refractivity contribution < 1.29 is 9.53 Å². The molecule has 0 aliphatic carbocycles. The zero-order chi connectivity index (χ0) is 15.4. The average Bonchev–Trinajstić information content (AvgIpc) is 2.47. The number of ether oxygens (including phenoxy) is 1. The minimum Gasteiger partial charge on any atom is -0.490 e. The van der Waals surface area contributed by atoms with Crippen LogP contribution in [0.2, 0.25) is 0 Å². The van der Waals surface area contributed by atoms with Gasteiger partial charge in [0.1, 0.15) is 12.4 Å². The van der Waals surface area contributed by atoms with Crippen LogP contribution in [-0.2, 0) is 0 Å². The second-order valence-corrected chi connectivity index (χ2v) is 5.89. The highest BCUT2D eigenvalue weighted by molar-refractivity contribution is 5.94. The van der Waals surface area contributed by atoms with Gasteiger partial charge >= 0.3 is 0 Å². The van der Waals surface area contributed by atoms with Crippen molar-refractivity contribution in [2.75, 3.05) is 40.0 Å². The second-order valence-electron chi connectivity index (χ2n) is 5.89. The molecule has 0 aromatic heterocycles. The van der Waals surface area contributed by atoms with Gasteiger partial charge in [0.25, 0.3) is 5.91 Å². The number of likely N-dealkylation sites (N-methyl/N-ethyl adjacent to an activating group) is 1. The lowest BCUT2D eigenvalue weighted by molar-refractivity contribution is 0.0826. The Morgan fingerprint density at radius 2 is 2.19 bits per heavy atom. The zero-order valence-corrected chi connectivity index (χ0v) is 13.1. The van der Waals surface area contributed by atoms with Crippen LogP contribution in [0.25, 0.3) is 0 Å². The predicted octanol–water partition coefficient (Wildman–Crippen LogP) is 1.83. The SMILES string of the molecule is CN(C)C(=O)c1ccc(N)c(OCC2CCCCN2C)c1. The number of benzene rings is 1. The summed E-state index contributed by atoms with van der Waals surface area (Å²) in [6.07, 6.45) is 3.64. The van der Waals surface area contributed by atoms with Crippen LogP contribution < -0.4 is 10.5 Å². The maximum atomic E-state index is 12.0. The molecule has 1 aromatic carbocycles. The van der Waals surface area contributed by atoms with Gasteiger partial charge < -0.3 is 20.3 Å².